The van der Waals surface area contributed by atoms with Gasteiger partial charge in [0.15, 0.2) is 5.60 Å². The lowest BCUT2D eigenvalue weighted by Crippen LogP contribution is -2.38. The number of carbonyl (C=O) groups excluding carboxylic acids is 1. The number of unbranched alkanes of at least 4 members (excludes halogenated alkanes) is 8. The number of esters is 1. The molecule has 6 nitrogen and oxygen atoms in total. The fraction of sp³-hybridized carbons (Fsp3) is 0.600. The van der Waals surface area contributed by atoms with Gasteiger partial charge in [0.05, 0.1) is 19.8 Å². The summed E-state index contributed by atoms with van der Waals surface area (Å²) in [4.78, 5) is 22.7. The van der Waals surface area contributed by atoms with Crippen molar-refractivity contribution in [2.24, 2.45) is 0 Å². The molecule has 6 heteroatoms. The molecule has 1 unspecified atom stereocenters. The van der Waals surface area contributed by atoms with E-state index in [2.05, 4.69) is 0 Å². The van der Waals surface area contributed by atoms with E-state index in [1.54, 1.807) is 0 Å². The van der Waals surface area contributed by atoms with Crippen LogP contribution in [-0.4, -0.2) is 41.0 Å². The zero-order valence-corrected chi connectivity index (χ0v) is 18.4. The van der Waals surface area contributed by atoms with Gasteiger partial charge in [-0.15, -0.1) is 0 Å². The van der Waals surface area contributed by atoms with E-state index in [1.165, 1.54) is 0 Å². The Kier molecular flexibility index (Phi) is 11.3. The highest BCUT2D eigenvalue weighted by molar-refractivity contribution is 5.91. The number of benzene rings is 1. The number of cyclic esters (lactones) is 1. The van der Waals surface area contributed by atoms with E-state index < -0.39 is 11.6 Å². The predicted octanol–water partition coefficient (Wildman–Crippen LogP) is 4.79. The monoisotopic (exact) mass is 432 g/mol. The Balaban J connectivity index is 1.59. The van der Waals surface area contributed by atoms with Crippen molar-refractivity contribution in [3.05, 3.63) is 47.5 Å². The molecule has 1 fully saturated rings. The molecule has 1 atom stereocenters. The highest BCUT2D eigenvalue weighted by Gasteiger charge is 2.43. The van der Waals surface area contributed by atoms with Crippen LogP contribution in [0.25, 0.3) is 0 Å². The minimum absolute atomic E-state index is 0.175. The van der Waals surface area contributed by atoms with Crippen LogP contribution in [0, 0.1) is 0 Å². The first-order valence-corrected chi connectivity index (χ1v) is 11.4. The van der Waals surface area contributed by atoms with Crippen LogP contribution in [0.1, 0.15) is 76.2 Å². The molecule has 1 aromatic carbocycles. The molecule has 0 aliphatic carbocycles. The number of hydrogen-bond acceptors (Lipinski definition) is 5. The second kappa shape index (κ2) is 14.0. The first-order valence-electron chi connectivity index (χ1n) is 11.4. The van der Waals surface area contributed by atoms with E-state index in [0.717, 1.165) is 63.4 Å². The van der Waals surface area contributed by atoms with E-state index in [4.69, 9.17) is 14.6 Å². The third-order valence-electron chi connectivity index (χ3n) is 5.58. The van der Waals surface area contributed by atoms with Crippen LogP contribution in [0.4, 0.5) is 0 Å². The van der Waals surface area contributed by atoms with E-state index in [1.807, 2.05) is 36.4 Å². The van der Waals surface area contributed by atoms with Gasteiger partial charge in [0.25, 0.3) is 0 Å². The lowest BCUT2D eigenvalue weighted by molar-refractivity contribution is -0.157. The Bertz CT molecular complexity index is 699. The number of carbonyl (C=O) groups is 2. The summed E-state index contributed by atoms with van der Waals surface area (Å²) >= 11 is 0. The SMILES string of the molecule is O=C(O)CCCCCCCCCC/C=C1/CC(CO)(COCc2ccccc2)OC1=O. The topological polar surface area (TPSA) is 93.1 Å². The number of carboxylic acid groups (broad SMARTS) is 1. The minimum atomic E-state index is -0.974. The number of rotatable bonds is 16. The summed E-state index contributed by atoms with van der Waals surface area (Å²) in [6.45, 7) is 0.337. The molecule has 1 aliphatic heterocycles. The van der Waals surface area contributed by atoms with Gasteiger partial charge >= 0.3 is 11.9 Å². The summed E-state index contributed by atoms with van der Waals surface area (Å²) in [5.41, 5.74) is 0.699. The van der Waals surface area contributed by atoms with Gasteiger partial charge in [-0.1, -0.05) is 74.9 Å². The molecule has 0 aromatic heterocycles. The standard InChI is InChI=1S/C25H36O6/c26-19-25(20-30-18-21-13-9-8-10-14-21)17-22(24(29)31-25)15-11-6-4-2-1-3-5-7-12-16-23(27)28/h8-10,13-15,26H,1-7,11-12,16-20H2,(H,27,28)/b22-15-. The summed E-state index contributed by atoms with van der Waals surface area (Å²) in [6, 6.07) is 9.77. The van der Waals surface area contributed by atoms with Crippen molar-refractivity contribution >= 4 is 11.9 Å². The molecule has 1 aromatic rings. The number of aliphatic hydroxyl groups is 1. The highest BCUT2D eigenvalue weighted by atomic mass is 16.6. The molecule has 0 radical (unpaired) electrons. The van der Waals surface area contributed by atoms with Crippen LogP contribution in [0.2, 0.25) is 0 Å². The summed E-state index contributed by atoms with van der Waals surface area (Å²) in [5.74, 6) is -1.06. The third kappa shape index (κ3) is 9.66. The van der Waals surface area contributed by atoms with Gasteiger partial charge < -0.3 is 19.7 Å². The molecule has 31 heavy (non-hydrogen) atoms. The van der Waals surface area contributed by atoms with E-state index >= 15 is 0 Å². The summed E-state index contributed by atoms with van der Waals surface area (Å²) in [6.07, 6.45) is 11.9. The first-order chi connectivity index (χ1) is 15.0. The lowest BCUT2D eigenvalue weighted by atomic mass is 9.98. The second-order valence-electron chi connectivity index (χ2n) is 8.38. The van der Waals surface area contributed by atoms with Crippen molar-refractivity contribution in [1.82, 2.24) is 0 Å². The number of aliphatic carboxylic acids is 1. The first kappa shape index (κ1) is 25.1. The Morgan fingerprint density at radius 2 is 1.68 bits per heavy atom. The molecule has 1 aliphatic rings. The Hall–Kier alpha value is -2.18. The molecular formula is C25H36O6. The smallest absolute Gasteiger partial charge is 0.334 e. The fourth-order valence-corrected chi connectivity index (χ4v) is 3.77. The number of hydrogen-bond donors (Lipinski definition) is 2. The van der Waals surface area contributed by atoms with Crippen molar-refractivity contribution in [2.45, 2.75) is 82.8 Å². The molecule has 1 saturated heterocycles. The van der Waals surface area contributed by atoms with Gasteiger partial charge in [-0.3, -0.25) is 4.79 Å². The van der Waals surface area contributed by atoms with Crippen molar-refractivity contribution < 1.29 is 29.3 Å². The number of allylic oxidation sites excluding steroid dienone is 1. The van der Waals surface area contributed by atoms with Gasteiger partial charge in [-0.2, -0.15) is 0 Å². The van der Waals surface area contributed by atoms with Crippen LogP contribution < -0.4 is 0 Å². The Morgan fingerprint density at radius 1 is 1.03 bits per heavy atom. The average Bonchev–Trinajstić information content (AvgIpc) is 3.08. The number of carboxylic acids is 1. The lowest BCUT2D eigenvalue weighted by Gasteiger charge is -2.24. The summed E-state index contributed by atoms with van der Waals surface area (Å²) in [7, 11) is 0. The maximum Gasteiger partial charge on any atom is 0.334 e. The Labute approximate surface area is 185 Å². The Morgan fingerprint density at radius 3 is 2.32 bits per heavy atom. The largest absolute Gasteiger partial charge is 0.481 e. The van der Waals surface area contributed by atoms with Gasteiger partial charge in [-0.05, 0) is 24.8 Å². The van der Waals surface area contributed by atoms with Gasteiger partial charge in [0, 0.05) is 18.4 Å². The minimum Gasteiger partial charge on any atom is -0.481 e. The maximum absolute atomic E-state index is 12.2. The number of aliphatic hydroxyl groups excluding tert-OH is 1. The molecule has 0 amide bonds. The zero-order valence-electron chi connectivity index (χ0n) is 18.4. The predicted molar refractivity (Wildman–Crippen MR) is 119 cm³/mol. The highest BCUT2D eigenvalue weighted by Crippen LogP contribution is 2.31. The summed E-state index contributed by atoms with van der Waals surface area (Å²) in [5, 5.41) is 18.4. The molecule has 0 bridgehead atoms. The van der Waals surface area contributed by atoms with Gasteiger partial charge in [-0.25, -0.2) is 4.79 Å². The molecular weight excluding hydrogens is 396 g/mol. The molecule has 0 spiro atoms. The average molecular weight is 433 g/mol. The van der Waals surface area contributed by atoms with Crippen molar-refractivity contribution in [1.29, 1.82) is 0 Å². The van der Waals surface area contributed by atoms with Crippen LogP contribution >= 0.6 is 0 Å². The van der Waals surface area contributed by atoms with E-state index in [9.17, 15) is 14.7 Å². The zero-order chi connectivity index (χ0) is 22.4. The third-order valence-corrected chi connectivity index (χ3v) is 5.58. The van der Waals surface area contributed by atoms with Gasteiger partial charge in [0.2, 0.25) is 0 Å². The molecule has 2 rings (SSSR count). The van der Waals surface area contributed by atoms with E-state index in [-0.39, 0.29) is 25.6 Å². The van der Waals surface area contributed by atoms with Crippen LogP contribution in [0.5, 0.6) is 0 Å². The normalized spacial score (nSPS) is 19.6. The van der Waals surface area contributed by atoms with Crippen LogP contribution in [0.3, 0.4) is 0 Å². The van der Waals surface area contributed by atoms with Crippen LogP contribution in [-0.2, 0) is 25.7 Å². The van der Waals surface area contributed by atoms with Crippen molar-refractivity contribution in [3.8, 4) is 0 Å². The van der Waals surface area contributed by atoms with Crippen LogP contribution in [0.15, 0.2) is 42.0 Å². The van der Waals surface area contributed by atoms with Crippen molar-refractivity contribution in [2.75, 3.05) is 13.2 Å². The molecule has 2 N–H and O–H groups in total. The second-order valence-corrected chi connectivity index (χ2v) is 8.38. The molecule has 172 valence electrons. The summed E-state index contributed by atoms with van der Waals surface area (Å²) < 4.78 is 11.2. The quantitative estimate of drug-likeness (QED) is 0.222. The number of ether oxygens (including phenoxy) is 2. The molecule has 1 heterocycles. The fourth-order valence-electron chi connectivity index (χ4n) is 3.77. The molecule has 0 saturated carbocycles. The maximum atomic E-state index is 12.2. The van der Waals surface area contributed by atoms with E-state index in [0.29, 0.717) is 18.6 Å². The van der Waals surface area contributed by atoms with Crippen molar-refractivity contribution in [3.63, 3.8) is 0 Å². The van der Waals surface area contributed by atoms with Gasteiger partial charge in [0.1, 0.15) is 0 Å².